The molecular formula is C26H33Cl2FN2O7. The maximum absolute atomic E-state index is 13.9. The number of methoxy groups -OCH3 is 1. The van der Waals surface area contributed by atoms with E-state index >= 15 is 0 Å². The number of ether oxygens (including phenoxy) is 4. The second-order valence-electron chi connectivity index (χ2n) is 9.18. The van der Waals surface area contributed by atoms with Crippen LogP contribution in [-0.2, 0) is 36.8 Å². The number of esters is 2. The molecule has 1 N–H and O–H groups in total. The molecule has 0 spiro atoms. The lowest BCUT2D eigenvalue weighted by Gasteiger charge is -2.26. The highest BCUT2D eigenvalue weighted by molar-refractivity contribution is 6.57. The fraction of sp³-hybridized carbons (Fsp3) is 0.577. The van der Waals surface area contributed by atoms with Gasteiger partial charge in [-0.1, -0.05) is 34.9 Å². The van der Waals surface area contributed by atoms with E-state index in [9.17, 15) is 18.8 Å². The minimum Gasteiger partial charge on any atom is -0.496 e. The molecular weight excluding hydrogens is 542 g/mol. The number of benzene rings is 1. The first-order valence-corrected chi connectivity index (χ1v) is 13.2. The third-order valence-electron chi connectivity index (χ3n) is 6.54. The molecule has 2 aliphatic rings. The van der Waals surface area contributed by atoms with Crippen LogP contribution in [0.5, 0.6) is 5.75 Å². The van der Waals surface area contributed by atoms with E-state index in [2.05, 4.69) is 10.2 Å². The zero-order valence-corrected chi connectivity index (χ0v) is 23.3. The molecule has 0 radical (unpaired) electrons. The van der Waals surface area contributed by atoms with E-state index in [1.807, 2.05) is 13.0 Å². The lowest BCUT2D eigenvalue weighted by atomic mass is 9.93. The van der Waals surface area contributed by atoms with Gasteiger partial charge in [0.05, 0.1) is 38.2 Å². The van der Waals surface area contributed by atoms with E-state index in [4.69, 9.17) is 42.1 Å². The van der Waals surface area contributed by atoms with Crippen molar-refractivity contribution in [1.29, 1.82) is 0 Å². The molecule has 1 amide bonds. The number of alkyl halides is 3. The lowest BCUT2D eigenvalue weighted by Crippen LogP contribution is -2.37. The predicted molar refractivity (Wildman–Crippen MR) is 141 cm³/mol. The molecule has 1 fully saturated rings. The molecule has 0 atom stereocenters. The van der Waals surface area contributed by atoms with Gasteiger partial charge < -0.3 is 24.3 Å². The number of amides is 1. The molecule has 2 aliphatic heterocycles. The van der Waals surface area contributed by atoms with E-state index in [1.54, 1.807) is 6.92 Å². The van der Waals surface area contributed by atoms with E-state index in [1.165, 1.54) is 7.11 Å². The van der Waals surface area contributed by atoms with Gasteiger partial charge in [0.1, 0.15) is 12.4 Å². The zero-order valence-electron chi connectivity index (χ0n) is 21.8. The Morgan fingerprint density at radius 1 is 1.24 bits per heavy atom. The van der Waals surface area contributed by atoms with Crippen LogP contribution in [-0.4, -0.2) is 73.9 Å². The van der Waals surface area contributed by atoms with Crippen molar-refractivity contribution in [3.63, 3.8) is 0 Å². The number of rotatable bonds is 12. The number of hydrogen-bond donors (Lipinski definition) is 1. The molecule has 1 aromatic carbocycles. The molecule has 0 bridgehead atoms. The molecule has 9 nitrogen and oxygen atoms in total. The van der Waals surface area contributed by atoms with E-state index in [-0.39, 0.29) is 36.7 Å². The van der Waals surface area contributed by atoms with Crippen molar-refractivity contribution in [2.24, 2.45) is 0 Å². The number of halogens is 3. The first-order valence-electron chi connectivity index (χ1n) is 12.4. The SMILES string of the molecule is COc1c(C)c2c(c(NC(=O)C(F)(Cl)Cl)c1CC=C(C)CCC(=O)OCCCN1CCOCC1)C(=O)OC2. The summed E-state index contributed by atoms with van der Waals surface area (Å²) in [6, 6.07) is 0. The van der Waals surface area contributed by atoms with Crippen molar-refractivity contribution in [2.75, 3.05) is 51.9 Å². The van der Waals surface area contributed by atoms with Crippen molar-refractivity contribution in [3.05, 3.63) is 33.9 Å². The van der Waals surface area contributed by atoms with Gasteiger partial charge >= 0.3 is 16.5 Å². The third-order valence-corrected chi connectivity index (χ3v) is 6.88. The summed E-state index contributed by atoms with van der Waals surface area (Å²) in [5.74, 6) is -1.88. The second-order valence-corrected chi connectivity index (χ2v) is 10.4. The van der Waals surface area contributed by atoms with Crippen LogP contribution in [0.1, 0.15) is 53.2 Å². The summed E-state index contributed by atoms with van der Waals surface area (Å²) < 4.78 is 32.1. The molecule has 1 saturated heterocycles. The van der Waals surface area contributed by atoms with Gasteiger partial charge in [0.2, 0.25) is 0 Å². The van der Waals surface area contributed by atoms with Gasteiger partial charge in [0, 0.05) is 37.2 Å². The Hall–Kier alpha value is -2.40. The number of fused-ring (bicyclic) bond motifs is 1. The number of nitrogens with one attached hydrogen (secondary N) is 1. The summed E-state index contributed by atoms with van der Waals surface area (Å²) >= 11 is 10.7. The Kier molecular flexibility index (Phi) is 10.8. The van der Waals surface area contributed by atoms with Crippen molar-refractivity contribution >= 4 is 46.7 Å². The Morgan fingerprint density at radius 2 is 1.95 bits per heavy atom. The van der Waals surface area contributed by atoms with Crippen molar-refractivity contribution in [3.8, 4) is 5.75 Å². The number of morpholine rings is 1. The van der Waals surface area contributed by atoms with Crippen LogP contribution in [0.4, 0.5) is 10.1 Å². The standard InChI is InChI=1S/C26H33Cl2FN2O7/c1-16(6-8-20(32)37-12-4-9-31-10-13-36-14-11-31)5-7-18-22(30-25(34)26(27,28)29)21-19(15-38-24(21)33)17(2)23(18)35-3/h5H,4,6-15H2,1-3H3,(H,30,34). The summed E-state index contributed by atoms with van der Waals surface area (Å²) in [5.41, 5.74) is 2.63. The Morgan fingerprint density at radius 3 is 2.61 bits per heavy atom. The highest BCUT2D eigenvalue weighted by Gasteiger charge is 2.38. The van der Waals surface area contributed by atoms with Crippen LogP contribution in [0, 0.1) is 6.92 Å². The summed E-state index contributed by atoms with van der Waals surface area (Å²) in [6.07, 6.45) is 3.48. The fourth-order valence-corrected chi connectivity index (χ4v) is 4.52. The highest BCUT2D eigenvalue weighted by Crippen LogP contribution is 2.42. The second kappa shape index (κ2) is 13.6. The first kappa shape index (κ1) is 30.1. The van der Waals surface area contributed by atoms with Crippen LogP contribution in [0.2, 0.25) is 0 Å². The number of cyclic esters (lactones) is 1. The molecule has 2 heterocycles. The first-order chi connectivity index (χ1) is 18.0. The third kappa shape index (κ3) is 7.81. The molecule has 0 unspecified atom stereocenters. The minimum absolute atomic E-state index is 0.00848. The molecule has 0 aliphatic carbocycles. The van der Waals surface area contributed by atoms with E-state index in [0.29, 0.717) is 35.5 Å². The quantitative estimate of drug-likeness (QED) is 0.171. The number of anilines is 1. The molecule has 0 saturated carbocycles. The molecule has 0 aromatic heterocycles. The molecule has 12 heteroatoms. The van der Waals surface area contributed by atoms with E-state index < -0.39 is 16.5 Å². The van der Waals surface area contributed by atoms with Crippen molar-refractivity contribution < 1.29 is 37.7 Å². The van der Waals surface area contributed by atoms with Crippen LogP contribution < -0.4 is 10.1 Å². The molecule has 3 rings (SSSR count). The summed E-state index contributed by atoms with van der Waals surface area (Å²) in [6.45, 7) is 8.09. The molecule has 1 aromatic rings. The summed E-state index contributed by atoms with van der Waals surface area (Å²) in [7, 11) is 1.45. The van der Waals surface area contributed by atoms with Gasteiger partial charge in [0.25, 0.3) is 5.91 Å². The van der Waals surface area contributed by atoms with Crippen LogP contribution >= 0.6 is 23.2 Å². The average molecular weight is 575 g/mol. The van der Waals surface area contributed by atoms with Gasteiger partial charge in [-0.15, -0.1) is 0 Å². The summed E-state index contributed by atoms with van der Waals surface area (Å²) in [5, 5.41) is 2.34. The molecule has 38 heavy (non-hydrogen) atoms. The number of carbonyl (C=O) groups is 3. The van der Waals surface area contributed by atoms with Gasteiger partial charge in [-0.3, -0.25) is 14.5 Å². The number of hydrogen-bond acceptors (Lipinski definition) is 8. The molecule has 210 valence electrons. The smallest absolute Gasteiger partial charge is 0.341 e. The van der Waals surface area contributed by atoms with Crippen LogP contribution in [0.3, 0.4) is 0 Å². The Bertz CT molecular complexity index is 1080. The Labute approximate surface area is 231 Å². The minimum atomic E-state index is -3.21. The average Bonchev–Trinajstić information content (AvgIpc) is 3.27. The number of nitrogens with zero attached hydrogens (tertiary/aromatic N) is 1. The number of allylic oxidation sites excluding steroid dienone is 2. The van der Waals surface area contributed by atoms with Crippen LogP contribution in [0.15, 0.2) is 11.6 Å². The lowest BCUT2D eigenvalue weighted by molar-refractivity contribution is -0.143. The van der Waals surface area contributed by atoms with Gasteiger partial charge in [-0.05, 0) is 38.7 Å². The van der Waals surface area contributed by atoms with Gasteiger partial charge in [0.15, 0.2) is 0 Å². The van der Waals surface area contributed by atoms with Crippen LogP contribution in [0.25, 0.3) is 0 Å². The van der Waals surface area contributed by atoms with E-state index in [0.717, 1.165) is 44.8 Å². The number of carbonyl (C=O) groups excluding carboxylic acids is 3. The van der Waals surface area contributed by atoms with Gasteiger partial charge in [-0.2, -0.15) is 4.39 Å². The maximum Gasteiger partial charge on any atom is 0.341 e. The summed E-state index contributed by atoms with van der Waals surface area (Å²) in [4.78, 5) is 39.2. The topological polar surface area (TPSA) is 103 Å². The normalized spacial score (nSPS) is 16.2. The zero-order chi connectivity index (χ0) is 27.9. The van der Waals surface area contributed by atoms with Crippen molar-refractivity contribution in [2.45, 2.75) is 50.7 Å². The van der Waals surface area contributed by atoms with Crippen molar-refractivity contribution in [1.82, 2.24) is 4.90 Å². The maximum atomic E-state index is 13.9. The monoisotopic (exact) mass is 574 g/mol. The fourth-order valence-electron chi connectivity index (χ4n) is 4.42. The van der Waals surface area contributed by atoms with Gasteiger partial charge in [-0.25, -0.2) is 4.79 Å². The largest absolute Gasteiger partial charge is 0.496 e. The predicted octanol–water partition coefficient (Wildman–Crippen LogP) is 4.25. The Balaban J connectivity index is 1.66. The highest BCUT2D eigenvalue weighted by atomic mass is 35.5.